The van der Waals surface area contributed by atoms with Gasteiger partial charge in [0.2, 0.25) is 0 Å². The molecule has 0 bridgehead atoms. The zero-order valence-electron chi connectivity index (χ0n) is 14.4. The van der Waals surface area contributed by atoms with Gasteiger partial charge in [0, 0.05) is 6.20 Å². The lowest BCUT2D eigenvalue weighted by molar-refractivity contribution is 0.340. The highest BCUT2D eigenvalue weighted by Crippen LogP contribution is 2.23. The molecular formula is C18H17Cl2N3O3S. The number of halogens is 2. The normalized spacial score (nSPS) is 11.4. The van der Waals surface area contributed by atoms with E-state index >= 15 is 0 Å². The van der Waals surface area contributed by atoms with Crippen LogP contribution >= 0.6 is 23.2 Å². The summed E-state index contributed by atoms with van der Waals surface area (Å²) in [5, 5.41) is 5.11. The fourth-order valence-corrected chi connectivity index (χ4v) is 3.77. The highest BCUT2D eigenvalue weighted by atomic mass is 35.5. The number of nitrogens with zero attached hydrogens (tertiary/aromatic N) is 2. The van der Waals surface area contributed by atoms with Crippen LogP contribution in [0.15, 0.2) is 59.8 Å². The van der Waals surface area contributed by atoms with Crippen molar-refractivity contribution in [2.75, 3.05) is 11.3 Å². The first-order valence-electron chi connectivity index (χ1n) is 8.09. The number of sulfonamides is 1. The summed E-state index contributed by atoms with van der Waals surface area (Å²) < 4.78 is 34.4. The highest BCUT2D eigenvalue weighted by molar-refractivity contribution is 7.92. The molecule has 142 valence electrons. The minimum absolute atomic E-state index is 0.142. The summed E-state index contributed by atoms with van der Waals surface area (Å²) in [6.45, 7) is 2.81. The summed E-state index contributed by atoms with van der Waals surface area (Å²) in [4.78, 5) is 0.142. The standard InChI is InChI=1S/C18H17Cl2N3O3S/c1-2-26-15-4-6-16(7-5-15)27(24,25)22-14-10-21-23(12-14)11-13-3-8-17(19)18(20)9-13/h3-10,12,22H,2,11H2,1H3. The smallest absolute Gasteiger partial charge is 0.261 e. The molecule has 3 aromatic rings. The molecule has 0 aliphatic carbocycles. The van der Waals surface area contributed by atoms with Crippen LogP contribution in [0.1, 0.15) is 12.5 Å². The summed E-state index contributed by atoms with van der Waals surface area (Å²) in [6.07, 6.45) is 3.05. The topological polar surface area (TPSA) is 73.2 Å². The SMILES string of the molecule is CCOc1ccc(S(=O)(=O)Nc2cnn(Cc3ccc(Cl)c(Cl)c3)c2)cc1. The van der Waals surface area contributed by atoms with Gasteiger partial charge in [0.05, 0.1) is 40.0 Å². The highest BCUT2D eigenvalue weighted by Gasteiger charge is 2.15. The maximum atomic E-state index is 12.5. The Labute approximate surface area is 167 Å². The van der Waals surface area contributed by atoms with Gasteiger partial charge >= 0.3 is 0 Å². The predicted octanol–water partition coefficient (Wildman–Crippen LogP) is 4.44. The van der Waals surface area contributed by atoms with E-state index in [1.165, 1.54) is 18.3 Å². The first-order chi connectivity index (χ1) is 12.9. The second-order valence-corrected chi connectivity index (χ2v) is 8.18. The van der Waals surface area contributed by atoms with Crippen LogP contribution in [-0.2, 0) is 16.6 Å². The molecule has 1 aromatic heterocycles. The second kappa shape index (κ2) is 8.21. The number of hydrogen-bond acceptors (Lipinski definition) is 4. The van der Waals surface area contributed by atoms with Crippen molar-refractivity contribution in [1.29, 1.82) is 0 Å². The number of anilines is 1. The fraction of sp³-hybridized carbons (Fsp3) is 0.167. The molecule has 6 nitrogen and oxygen atoms in total. The van der Waals surface area contributed by atoms with E-state index in [-0.39, 0.29) is 4.90 Å². The lowest BCUT2D eigenvalue weighted by Gasteiger charge is -2.07. The van der Waals surface area contributed by atoms with Crippen molar-refractivity contribution < 1.29 is 13.2 Å². The maximum Gasteiger partial charge on any atom is 0.261 e. The van der Waals surface area contributed by atoms with Gasteiger partial charge in [-0.3, -0.25) is 9.40 Å². The van der Waals surface area contributed by atoms with E-state index in [4.69, 9.17) is 27.9 Å². The van der Waals surface area contributed by atoms with Crippen LogP contribution in [0.2, 0.25) is 10.0 Å². The zero-order valence-corrected chi connectivity index (χ0v) is 16.7. The molecule has 0 aliphatic heterocycles. The molecule has 0 saturated carbocycles. The number of benzene rings is 2. The molecule has 27 heavy (non-hydrogen) atoms. The second-order valence-electron chi connectivity index (χ2n) is 5.68. The van der Waals surface area contributed by atoms with Crippen LogP contribution in [0.5, 0.6) is 5.75 Å². The molecular weight excluding hydrogens is 409 g/mol. The van der Waals surface area contributed by atoms with Crippen molar-refractivity contribution in [2.24, 2.45) is 0 Å². The molecule has 0 fully saturated rings. The van der Waals surface area contributed by atoms with Gasteiger partial charge in [0.15, 0.2) is 0 Å². The summed E-state index contributed by atoms with van der Waals surface area (Å²) in [5.74, 6) is 0.617. The minimum Gasteiger partial charge on any atom is -0.494 e. The van der Waals surface area contributed by atoms with Crippen molar-refractivity contribution in [3.05, 3.63) is 70.5 Å². The van der Waals surface area contributed by atoms with Gasteiger partial charge in [-0.25, -0.2) is 8.42 Å². The van der Waals surface area contributed by atoms with E-state index in [1.807, 2.05) is 13.0 Å². The van der Waals surface area contributed by atoms with E-state index in [1.54, 1.807) is 35.1 Å². The van der Waals surface area contributed by atoms with E-state index in [0.717, 1.165) is 5.56 Å². The maximum absolute atomic E-state index is 12.5. The van der Waals surface area contributed by atoms with Gasteiger partial charge in [0.25, 0.3) is 10.0 Å². The van der Waals surface area contributed by atoms with Crippen LogP contribution in [0.4, 0.5) is 5.69 Å². The summed E-state index contributed by atoms with van der Waals surface area (Å²) in [6, 6.07) is 11.5. The van der Waals surface area contributed by atoms with E-state index in [9.17, 15) is 8.42 Å². The average Bonchev–Trinajstić information content (AvgIpc) is 3.05. The monoisotopic (exact) mass is 425 g/mol. The molecule has 0 radical (unpaired) electrons. The zero-order chi connectivity index (χ0) is 19.4. The fourth-order valence-electron chi connectivity index (χ4n) is 2.42. The quantitative estimate of drug-likeness (QED) is 0.607. The lowest BCUT2D eigenvalue weighted by Crippen LogP contribution is -2.12. The third-order valence-corrected chi connectivity index (χ3v) is 5.80. The Morgan fingerprint density at radius 2 is 1.85 bits per heavy atom. The van der Waals surface area contributed by atoms with Crippen LogP contribution in [-0.4, -0.2) is 24.8 Å². The first kappa shape index (κ1) is 19.5. The van der Waals surface area contributed by atoms with E-state index in [0.29, 0.717) is 34.6 Å². The third-order valence-electron chi connectivity index (χ3n) is 3.66. The van der Waals surface area contributed by atoms with Crippen LogP contribution < -0.4 is 9.46 Å². The predicted molar refractivity (Wildman–Crippen MR) is 106 cm³/mol. The van der Waals surface area contributed by atoms with Gasteiger partial charge in [0.1, 0.15) is 5.75 Å². The van der Waals surface area contributed by atoms with Crippen molar-refractivity contribution in [1.82, 2.24) is 9.78 Å². The van der Waals surface area contributed by atoms with Gasteiger partial charge < -0.3 is 4.74 Å². The Hall–Kier alpha value is -2.22. The Bertz CT molecular complexity index is 1030. The molecule has 0 unspecified atom stereocenters. The molecule has 0 amide bonds. The molecule has 9 heteroatoms. The van der Waals surface area contributed by atoms with E-state index in [2.05, 4.69) is 9.82 Å². The number of ether oxygens (including phenoxy) is 1. The number of nitrogens with one attached hydrogen (secondary N) is 1. The van der Waals surface area contributed by atoms with Crippen molar-refractivity contribution in [2.45, 2.75) is 18.4 Å². The number of aromatic nitrogens is 2. The molecule has 3 rings (SSSR count). The van der Waals surface area contributed by atoms with Crippen LogP contribution in [0, 0.1) is 0 Å². The molecule has 2 aromatic carbocycles. The molecule has 1 heterocycles. The Kier molecular flexibility index (Phi) is 5.94. The molecule has 0 atom stereocenters. The summed E-state index contributed by atoms with van der Waals surface area (Å²) in [5.41, 5.74) is 1.26. The Balaban J connectivity index is 1.71. The van der Waals surface area contributed by atoms with Gasteiger partial charge in [-0.05, 0) is 48.9 Å². The van der Waals surface area contributed by atoms with Crippen molar-refractivity contribution in [3.63, 3.8) is 0 Å². The molecule has 1 N–H and O–H groups in total. The molecule has 0 aliphatic rings. The van der Waals surface area contributed by atoms with Crippen LogP contribution in [0.25, 0.3) is 0 Å². The third kappa shape index (κ3) is 4.94. The van der Waals surface area contributed by atoms with Crippen molar-refractivity contribution >= 4 is 38.9 Å². The Morgan fingerprint density at radius 3 is 2.52 bits per heavy atom. The van der Waals surface area contributed by atoms with Gasteiger partial charge in [-0.1, -0.05) is 29.3 Å². The molecule has 0 spiro atoms. The Morgan fingerprint density at radius 1 is 1.11 bits per heavy atom. The number of rotatable bonds is 7. The largest absolute Gasteiger partial charge is 0.494 e. The van der Waals surface area contributed by atoms with E-state index < -0.39 is 10.0 Å². The molecule has 0 saturated heterocycles. The lowest BCUT2D eigenvalue weighted by atomic mass is 10.2. The van der Waals surface area contributed by atoms with Gasteiger partial charge in [-0.2, -0.15) is 5.10 Å². The summed E-state index contributed by atoms with van der Waals surface area (Å²) in [7, 11) is -3.71. The summed E-state index contributed by atoms with van der Waals surface area (Å²) >= 11 is 11.9. The van der Waals surface area contributed by atoms with Crippen molar-refractivity contribution in [3.8, 4) is 5.75 Å². The minimum atomic E-state index is -3.71. The van der Waals surface area contributed by atoms with Gasteiger partial charge in [-0.15, -0.1) is 0 Å². The average molecular weight is 426 g/mol. The number of hydrogen-bond donors (Lipinski definition) is 1. The van der Waals surface area contributed by atoms with Crippen LogP contribution in [0.3, 0.4) is 0 Å². The first-order valence-corrected chi connectivity index (χ1v) is 10.3.